The van der Waals surface area contributed by atoms with Crippen molar-refractivity contribution in [2.45, 2.75) is 64.6 Å². The number of rotatable bonds is 8. The molecule has 0 spiro atoms. The van der Waals surface area contributed by atoms with Gasteiger partial charge in [0.25, 0.3) is 0 Å². The first-order chi connectivity index (χ1) is 19.4. The summed E-state index contributed by atoms with van der Waals surface area (Å²) >= 11 is 6.36. The topological polar surface area (TPSA) is 115 Å². The molecule has 2 aliphatic rings. The second-order valence-electron chi connectivity index (χ2n) is 11.0. The molecule has 1 aliphatic carbocycles. The Morgan fingerprint density at radius 1 is 1.20 bits per heavy atom. The molecule has 1 saturated carbocycles. The summed E-state index contributed by atoms with van der Waals surface area (Å²) in [6.07, 6.45) is 8.40. The summed E-state index contributed by atoms with van der Waals surface area (Å²) in [5.74, 6) is 1.39. The minimum atomic E-state index is -0.676. The number of halogens is 2. The number of hydrogen-bond acceptors (Lipinski definition) is 8. The van der Waals surface area contributed by atoms with Crippen LogP contribution in [0.25, 0.3) is 33.8 Å². The first-order valence-corrected chi connectivity index (χ1v) is 14.3. The van der Waals surface area contributed by atoms with Gasteiger partial charge in [0.2, 0.25) is 11.8 Å². The molecule has 4 aromatic rings. The third-order valence-electron chi connectivity index (χ3n) is 8.16. The predicted octanol–water partition coefficient (Wildman–Crippen LogP) is 5.27. The minimum Gasteiger partial charge on any atom is -0.377 e. The number of ether oxygens (including phenoxy) is 1. The number of imidazole rings is 1. The molecule has 2 atom stereocenters. The molecule has 1 aliphatic heterocycles. The van der Waals surface area contributed by atoms with Gasteiger partial charge in [-0.1, -0.05) is 36.5 Å². The van der Waals surface area contributed by atoms with Crippen molar-refractivity contribution in [3.8, 4) is 22.8 Å². The molecule has 0 aromatic carbocycles. The summed E-state index contributed by atoms with van der Waals surface area (Å²) in [6, 6.07) is 3.25. The highest BCUT2D eigenvalue weighted by Gasteiger charge is 2.37. The van der Waals surface area contributed by atoms with Crippen LogP contribution in [-0.2, 0) is 11.3 Å². The van der Waals surface area contributed by atoms with E-state index in [-0.39, 0.29) is 18.0 Å². The zero-order valence-electron chi connectivity index (χ0n) is 22.6. The Morgan fingerprint density at radius 2 is 2.02 bits per heavy atom. The van der Waals surface area contributed by atoms with Crippen LogP contribution in [0.2, 0.25) is 5.02 Å². The van der Waals surface area contributed by atoms with Gasteiger partial charge >= 0.3 is 5.76 Å². The van der Waals surface area contributed by atoms with Gasteiger partial charge < -0.3 is 14.2 Å². The summed E-state index contributed by atoms with van der Waals surface area (Å²) in [7, 11) is 0. The Kier molecular flexibility index (Phi) is 7.59. The zero-order valence-corrected chi connectivity index (χ0v) is 23.4. The van der Waals surface area contributed by atoms with Crippen LogP contribution in [-0.4, -0.2) is 61.6 Å². The SMILES string of the molecule is CCO[C@@H]1C[C@@H](CF)N(c2nc3cc(-c4noc(=O)[nH]4)nc(-c4cncc(Cl)c4)c3n2CC2CCC(C)CC2)C1. The van der Waals surface area contributed by atoms with E-state index in [0.29, 0.717) is 58.9 Å². The van der Waals surface area contributed by atoms with Crippen LogP contribution >= 0.6 is 11.6 Å². The number of aromatic nitrogens is 6. The van der Waals surface area contributed by atoms with Gasteiger partial charge in [0.1, 0.15) is 12.4 Å². The summed E-state index contributed by atoms with van der Waals surface area (Å²) in [4.78, 5) is 30.7. The highest BCUT2D eigenvalue weighted by molar-refractivity contribution is 6.30. The number of H-pyrrole nitrogens is 1. The van der Waals surface area contributed by atoms with Gasteiger partial charge in [0, 0.05) is 37.7 Å². The zero-order chi connectivity index (χ0) is 27.8. The van der Waals surface area contributed by atoms with Crippen molar-refractivity contribution in [2.24, 2.45) is 11.8 Å². The summed E-state index contributed by atoms with van der Waals surface area (Å²) in [5, 5.41) is 4.32. The minimum absolute atomic E-state index is 0.0694. The fraction of sp³-hybridized carbons (Fsp3) is 0.536. The Hall–Kier alpha value is -3.31. The maximum atomic E-state index is 14.4. The van der Waals surface area contributed by atoms with Gasteiger partial charge in [-0.05, 0) is 50.2 Å². The van der Waals surface area contributed by atoms with Crippen LogP contribution in [0.3, 0.4) is 0 Å². The van der Waals surface area contributed by atoms with E-state index in [2.05, 4.69) is 26.6 Å². The molecular formula is C28H33ClFN7O3. The van der Waals surface area contributed by atoms with E-state index >= 15 is 0 Å². The Balaban J connectivity index is 1.56. The van der Waals surface area contributed by atoms with Crippen LogP contribution in [0.4, 0.5) is 10.3 Å². The molecule has 1 saturated heterocycles. The largest absolute Gasteiger partial charge is 0.439 e. The molecule has 2 fully saturated rings. The molecule has 0 bridgehead atoms. The number of pyridine rings is 2. The van der Waals surface area contributed by atoms with Crippen molar-refractivity contribution >= 4 is 28.6 Å². The van der Waals surface area contributed by atoms with E-state index in [1.165, 1.54) is 12.8 Å². The molecule has 12 heteroatoms. The Labute approximate surface area is 235 Å². The van der Waals surface area contributed by atoms with Crippen LogP contribution in [0.5, 0.6) is 0 Å². The van der Waals surface area contributed by atoms with E-state index in [1.807, 2.05) is 11.8 Å². The fourth-order valence-electron chi connectivity index (χ4n) is 6.13. The summed E-state index contributed by atoms with van der Waals surface area (Å²) in [5.41, 5.74) is 3.16. The lowest BCUT2D eigenvalue weighted by atomic mass is 9.83. The third-order valence-corrected chi connectivity index (χ3v) is 8.36. The average molecular weight is 570 g/mol. The van der Waals surface area contributed by atoms with E-state index in [9.17, 15) is 9.18 Å². The number of aromatic amines is 1. The van der Waals surface area contributed by atoms with Crippen molar-refractivity contribution in [3.05, 3.63) is 40.1 Å². The lowest BCUT2D eigenvalue weighted by molar-refractivity contribution is 0.0757. The molecule has 40 heavy (non-hydrogen) atoms. The number of anilines is 1. The summed E-state index contributed by atoms with van der Waals surface area (Å²) in [6.45, 7) is 5.63. The third kappa shape index (κ3) is 5.24. The maximum absolute atomic E-state index is 14.4. The van der Waals surface area contributed by atoms with Gasteiger partial charge in [-0.15, -0.1) is 0 Å². The lowest BCUT2D eigenvalue weighted by Gasteiger charge is -2.29. The van der Waals surface area contributed by atoms with E-state index in [4.69, 9.17) is 30.8 Å². The molecule has 5 heterocycles. The first kappa shape index (κ1) is 26.9. The predicted molar refractivity (Wildman–Crippen MR) is 150 cm³/mol. The Bertz CT molecular complexity index is 1540. The number of fused-ring (bicyclic) bond motifs is 1. The number of nitrogens with one attached hydrogen (secondary N) is 1. The van der Waals surface area contributed by atoms with E-state index in [0.717, 1.165) is 30.8 Å². The molecule has 0 amide bonds. The molecule has 0 unspecified atom stereocenters. The van der Waals surface area contributed by atoms with Gasteiger partial charge in [0.15, 0.2) is 0 Å². The first-order valence-electron chi connectivity index (χ1n) is 14.0. The second kappa shape index (κ2) is 11.3. The van der Waals surface area contributed by atoms with Crippen LogP contribution in [0.15, 0.2) is 33.8 Å². The second-order valence-corrected chi connectivity index (χ2v) is 11.4. The molecule has 6 rings (SSSR count). The molecule has 10 nitrogen and oxygen atoms in total. The highest BCUT2D eigenvalue weighted by atomic mass is 35.5. The van der Waals surface area contributed by atoms with Gasteiger partial charge in [0.05, 0.1) is 33.9 Å². The standard InChI is InChI=1S/C28H33ClFN7O3/c1-3-39-21-9-20(11-30)36(15-21)27-33-22-10-23(26-34-28(38)40-35-26)32-24(18-8-19(29)13-31-12-18)25(22)37(27)14-17-6-4-16(2)5-7-17/h8,10,12-13,16-17,20-21H,3-7,9,11,14-15H2,1-2H3,(H,34,35,38)/t16?,17?,20-,21+/m0/s1. The smallest absolute Gasteiger partial charge is 0.377 e. The van der Waals surface area contributed by atoms with Crippen LogP contribution in [0.1, 0.15) is 46.0 Å². The van der Waals surface area contributed by atoms with E-state index in [1.54, 1.807) is 24.5 Å². The van der Waals surface area contributed by atoms with Crippen molar-refractivity contribution in [1.29, 1.82) is 0 Å². The molecular weight excluding hydrogens is 537 g/mol. The normalized spacial score (nSPS) is 23.4. The van der Waals surface area contributed by atoms with E-state index < -0.39 is 12.4 Å². The van der Waals surface area contributed by atoms with Crippen molar-refractivity contribution < 1.29 is 13.7 Å². The van der Waals surface area contributed by atoms with Crippen molar-refractivity contribution in [3.63, 3.8) is 0 Å². The van der Waals surface area contributed by atoms with Gasteiger partial charge in [-0.2, -0.15) is 0 Å². The quantitative estimate of drug-likeness (QED) is 0.305. The lowest BCUT2D eigenvalue weighted by Crippen LogP contribution is -2.34. The van der Waals surface area contributed by atoms with Gasteiger partial charge in [-0.25, -0.2) is 19.2 Å². The molecule has 4 aromatic heterocycles. The van der Waals surface area contributed by atoms with Crippen molar-refractivity contribution in [1.82, 2.24) is 29.7 Å². The Morgan fingerprint density at radius 3 is 2.73 bits per heavy atom. The maximum Gasteiger partial charge on any atom is 0.439 e. The molecule has 212 valence electrons. The number of nitrogens with zero attached hydrogens (tertiary/aromatic N) is 6. The highest BCUT2D eigenvalue weighted by Crippen LogP contribution is 2.38. The number of alkyl halides is 1. The van der Waals surface area contributed by atoms with Crippen LogP contribution in [0, 0.1) is 11.8 Å². The van der Waals surface area contributed by atoms with Crippen molar-refractivity contribution in [2.75, 3.05) is 24.7 Å². The van der Waals surface area contributed by atoms with Gasteiger partial charge in [-0.3, -0.25) is 14.5 Å². The average Bonchev–Trinajstić information content (AvgIpc) is 3.66. The molecule has 0 radical (unpaired) electrons. The fourth-order valence-corrected chi connectivity index (χ4v) is 6.31. The molecule has 1 N–H and O–H groups in total. The summed E-state index contributed by atoms with van der Waals surface area (Å²) < 4.78 is 27.3. The monoisotopic (exact) mass is 569 g/mol. The van der Waals surface area contributed by atoms with Crippen LogP contribution < -0.4 is 10.7 Å². The number of hydrogen-bond donors (Lipinski definition) is 1.